The highest BCUT2D eigenvalue weighted by molar-refractivity contribution is 6.89. The van der Waals surface area contributed by atoms with Gasteiger partial charge in [0.1, 0.15) is 0 Å². The fourth-order valence-electron chi connectivity index (χ4n) is 11.1. The molecule has 0 saturated heterocycles. The van der Waals surface area contributed by atoms with E-state index in [0.717, 1.165) is 0 Å². The lowest BCUT2D eigenvalue weighted by Crippen LogP contribution is -2.58. The Bertz CT molecular complexity index is 2830. The predicted octanol–water partition coefficient (Wildman–Crippen LogP) is 12.3. The first-order chi connectivity index (χ1) is 26.1. The van der Waals surface area contributed by atoms with Crippen molar-refractivity contribution in [2.45, 2.75) is 90.9 Å². The van der Waals surface area contributed by atoms with Crippen LogP contribution in [-0.4, -0.2) is 11.3 Å². The zero-order valence-electron chi connectivity index (χ0n) is 33.9. The van der Waals surface area contributed by atoms with E-state index in [2.05, 4.69) is 194 Å². The summed E-state index contributed by atoms with van der Waals surface area (Å²) in [5.41, 5.74) is 24.4. The van der Waals surface area contributed by atoms with Crippen molar-refractivity contribution in [2.75, 3.05) is 4.90 Å². The second-order valence-corrected chi connectivity index (χ2v) is 19.8. The van der Waals surface area contributed by atoms with Crippen LogP contribution in [0, 0.1) is 0 Å². The summed E-state index contributed by atoms with van der Waals surface area (Å²) in [6.45, 7) is 23.8. The number of para-hydroxylation sites is 1. The molecule has 2 nitrogen and oxygen atoms in total. The molecule has 0 fully saturated rings. The van der Waals surface area contributed by atoms with Crippen molar-refractivity contribution in [3.05, 3.63) is 149 Å². The molecule has 3 heteroatoms. The summed E-state index contributed by atoms with van der Waals surface area (Å²) in [6, 6.07) is 44.9. The van der Waals surface area contributed by atoms with E-state index >= 15 is 0 Å². The van der Waals surface area contributed by atoms with E-state index in [1.165, 1.54) is 106 Å². The van der Waals surface area contributed by atoms with Crippen LogP contribution >= 0.6 is 0 Å². The Morgan fingerprint density at radius 2 is 1.16 bits per heavy atom. The van der Waals surface area contributed by atoms with E-state index in [4.69, 9.17) is 0 Å². The molecule has 3 heterocycles. The highest BCUT2D eigenvalue weighted by Gasteiger charge is 2.52. The third kappa shape index (κ3) is 4.07. The molecule has 0 unspecified atom stereocenters. The van der Waals surface area contributed by atoms with Gasteiger partial charge in [-0.2, -0.15) is 0 Å². The predicted molar refractivity (Wildman–Crippen MR) is 235 cm³/mol. The average molecular weight is 713 g/mol. The van der Waals surface area contributed by atoms with Crippen molar-refractivity contribution in [3.8, 4) is 33.4 Å². The summed E-state index contributed by atoms with van der Waals surface area (Å²) in [6.07, 6.45) is 0. The van der Waals surface area contributed by atoms with Gasteiger partial charge in [-0.25, -0.2) is 0 Å². The number of aromatic nitrogens is 1. The maximum atomic E-state index is 2.82. The molecule has 0 saturated carbocycles. The van der Waals surface area contributed by atoms with Crippen molar-refractivity contribution in [1.29, 1.82) is 0 Å². The van der Waals surface area contributed by atoms with Crippen molar-refractivity contribution in [2.24, 2.45) is 0 Å². The normalized spacial score (nSPS) is 16.4. The van der Waals surface area contributed by atoms with Crippen LogP contribution in [0.1, 0.15) is 103 Å². The van der Waals surface area contributed by atoms with Crippen LogP contribution in [0.3, 0.4) is 0 Å². The SMILES string of the molecule is CC(C)(C)c1ccc(N2c3ccc(C(C)(C)C)cc3B3c4c(cc5c(c42)C(C)(C)c2ccccc2-5)-c2cccc4c5c(n3c24)C(C)(C)c2ccccc2-5)cc1. The molecule has 6 aromatic carbocycles. The first-order valence-corrected chi connectivity index (χ1v) is 20.2. The third-order valence-corrected chi connectivity index (χ3v) is 13.8. The monoisotopic (exact) mass is 712 g/mol. The van der Waals surface area contributed by atoms with E-state index in [-0.39, 0.29) is 28.5 Å². The highest BCUT2D eigenvalue weighted by atomic mass is 15.2. The van der Waals surface area contributed by atoms with Gasteiger partial charge in [-0.05, 0) is 96.1 Å². The van der Waals surface area contributed by atoms with E-state index in [9.17, 15) is 0 Å². The average Bonchev–Trinajstić information content (AvgIpc) is 3.71. The number of nitrogens with zero attached hydrogens (tertiary/aromatic N) is 2. The fraction of sp³-hybridized carbons (Fsp3) is 0.269. The van der Waals surface area contributed by atoms with Crippen LogP contribution in [0.25, 0.3) is 44.3 Å². The van der Waals surface area contributed by atoms with Gasteiger partial charge in [0, 0.05) is 55.6 Å². The van der Waals surface area contributed by atoms with E-state index in [0.29, 0.717) is 0 Å². The second-order valence-electron chi connectivity index (χ2n) is 19.8. The van der Waals surface area contributed by atoms with Gasteiger partial charge in [0.15, 0.2) is 0 Å². The highest BCUT2D eigenvalue weighted by Crippen LogP contribution is 2.59. The van der Waals surface area contributed by atoms with E-state index in [1.54, 1.807) is 0 Å². The van der Waals surface area contributed by atoms with Crippen LogP contribution in [0.2, 0.25) is 0 Å². The quantitative estimate of drug-likeness (QED) is 0.154. The Kier molecular flexibility index (Phi) is 6.21. The van der Waals surface area contributed by atoms with Crippen LogP contribution < -0.4 is 15.8 Å². The van der Waals surface area contributed by atoms with Crippen LogP contribution in [0.15, 0.2) is 115 Å². The molecule has 11 rings (SSSR count). The minimum Gasteiger partial charge on any atom is -0.378 e. The van der Waals surface area contributed by atoms with E-state index in [1.807, 2.05) is 0 Å². The van der Waals surface area contributed by atoms with Gasteiger partial charge in [0.25, 0.3) is 0 Å². The van der Waals surface area contributed by atoms with Gasteiger partial charge in [-0.15, -0.1) is 0 Å². The maximum absolute atomic E-state index is 2.82. The van der Waals surface area contributed by atoms with Crippen LogP contribution in [0.5, 0.6) is 0 Å². The molecule has 0 spiro atoms. The number of hydrogen-bond donors (Lipinski definition) is 0. The van der Waals surface area contributed by atoms with Gasteiger partial charge in [0.2, 0.25) is 0 Å². The van der Waals surface area contributed by atoms with Crippen molar-refractivity contribution < 1.29 is 0 Å². The zero-order valence-corrected chi connectivity index (χ0v) is 33.9. The van der Waals surface area contributed by atoms with Crippen molar-refractivity contribution in [3.63, 3.8) is 0 Å². The minimum atomic E-state index is -0.201. The molecule has 0 radical (unpaired) electrons. The fourth-order valence-corrected chi connectivity index (χ4v) is 11.1. The number of benzene rings is 6. The molecule has 1 aromatic heterocycles. The van der Waals surface area contributed by atoms with Gasteiger partial charge in [0.05, 0.1) is 0 Å². The van der Waals surface area contributed by atoms with Crippen molar-refractivity contribution in [1.82, 2.24) is 4.48 Å². The molecular weight excluding hydrogens is 663 g/mol. The van der Waals surface area contributed by atoms with Crippen LogP contribution in [0.4, 0.5) is 17.1 Å². The van der Waals surface area contributed by atoms with Crippen molar-refractivity contribution >= 4 is 45.7 Å². The molecule has 4 aliphatic rings. The lowest BCUT2D eigenvalue weighted by atomic mass is 9.44. The molecule has 270 valence electrons. The molecular formula is C52H49BN2. The van der Waals surface area contributed by atoms with Gasteiger partial charge < -0.3 is 9.38 Å². The second kappa shape index (κ2) is 10.3. The third-order valence-electron chi connectivity index (χ3n) is 13.8. The Morgan fingerprint density at radius 1 is 0.545 bits per heavy atom. The molecule has 2 aliphatic carbocycles. The number of fused-ring (bicyclic) bond motifs is 13. The smallest absolute Gasteiger partial charge is 0.332 e. The summed E-state index contributed by atoms with van der Waals surface area (Å²) in [4.78, 5) is 2.66. The number of rotatable bonds is 1. The summed E-state index contributed by atoms with van der Waals surface area (Å²) in [5, 5.41) is 1.37. The summed E-state index contributed by atoms with van der Waals surface area (Å²) in [5.74, 6) is 0. The molecule has 7 aromatic rings. The Hall–Kier alpha value is -5.28. The summed E-state index contributed by atoms with van der Waals surface area (Å²) in [7, 11) is 0. The number of hydrogen-bond acceptors (Lipinski definition) is 1. The Labute approximate surface area is 327 Å². The van der Waals surface area contributed by atoms with Gasteiger partial charge in [-0.1, -0.05) is 160 Å². The Morgan fingerprint density at radius 3 is 1.85 bits per heavy atom. The van der Waals surface area contributed by atoms with Gasteiger partial charge in [-0.3, -0.25) is 0 Å². The largest absolute Gasteiger partial charge is 0.378 e. The summed E-state index contributed by atoms with van der Waals surface area (Å²) >= 11 is 0. The first-order valence-electron chi connectivity index (χ1n) is 20.2. The maximum Gasteiger partial charge on any atom is 0.332 e. The lowest BCUT2D eigenvalue weighted by Gasteiger charge is -2.44. The van der Waals surface area contributed by atoms with E-state index < -0.39 is 0 Å². The molecule has 55 heavy (non-hydrogen) atoms. The lowest BCUT2D eigenvalue weighted by molar-refractivity contribution is 0.590. The number of anilines is 3. The molecule has 0 bridgehead atoms. The Balaban J connectivity index is 1.34. The standard InChI is InChI=1S/C52H49BN2/c1-49(2,3)30-22-25-32(26-23-30)54-42-27-24-31(50(4,5)6)28-41(42)53-45-38(29-37-33-16-11-13-20-39(33)51(7,8)44(37)47(45)54)34-18-15-19-36-43-35-17-12-14-21-40(35)52(9,10)48(43)55(53)46(34)36/h11-29H,1-10H3. The molecule has 2 aliphatic heterocycles. The molecule has 0 N–H and O–H groups in total. The minimum absolute atomic E-state index is 0.00503. The first kappa shape index (κ1) is 33.1. The van der Waals surface area contributed by atoms with Crippen LogP contribution in [-0.2, 0) is 21.7 Å². The zero-order chi connectivity index (χ0) is 38.1. The van der Waals surface area contributed by atoms with Gasteiger partial charge >= 0.3 is 6.85 Å². The summed E-state index contributed by atoms with van der Waals surface area (Å²) < 4.78 is 2.82. The molecule has 0 atom stereocenters. The molecule has 0 amide bonds. The topological polar surface area (TPSA) is 8.17 Å².